The Bertz CT molecular complexity index is 1570. The highest BCUT2D eigenvalue weighted by molar-refractivity contribution is 9.10. The van der Waals surface area contributed by atoms with Crippen LogP contribution in [0.1, 0.15) is 50.1 Å². The zero-order valence-electron chi connectivity index (χ0n) is 21.0. The maximum absolute atomic E-state index is 13.5. The molecule has 0 fully saturated rings. The summed E-state index contributed by atoms with van der Waals surface area (Å²) in [6.07, 6.45) is 2.36. The lowest BCUT2D eigenvalue weighted by Crippen LogP contribution is -2.23. The maximum Gasteiger partial charge on any atom is 0.282 e. The van der Waals surface area contributed by atoms with E-state index in [4.69, 9.17) is 37.7 Å². The van der Waals surface area contributed by atoms with E-state index in [0.29, 0.717) is 54.9 Å². The number of hydrogen-bond donors (Lipinski definition) is 0. The number of aromatic nitrogens is 2. The average Bonchev–Trinajstić information content (AvgIpc) is 2.91. The van der Waals surface area contributed by atoms with Gasteiger partial charge in [0.25, 0.3) is 5.56 Å². The van der Waals surface area contributed by atoms with E-state index in [9.17, 15) is 4.79 Å². The molecule has 1 aromatic heterocycles. The molecule has 1 heterocycles. The van der Waals surface area contributed by atoms with Crippen molar-refractivity contribution in [1.29, 1.82) is 0 Å². The van der Waals surface area contributed by atoms with Gasteiger partial charge in [-0.3, -0.25) is 4.79 Å². The molecule has 0 aliphatic rings. The second kappa shape index (κ2) is 12.6. The number of halogens is 4. The van der Waals surface area contributed by atoms with E-state index in [1.807, 2.05) is 51.1 Å². The van der Waals surface area contributed by atoms with Crippen molar-refractivity contribution < 1.29 is 9.47 Å². The molecule has 0 spiro atoms. The number of rotatable bonds is 9. The summed E-state index contributed by atoms with van der Waals surface area (Å²) in [5, 5.41) is 5.95. The van der Waals surface area contributed by atoms with Crippen LogP contribution in [0.25, 0.3) is 10.9 Å². The van der Waals surface area contributed by atoms with Gasteiger partial charge in [-0.1, -0.05) is 71.2 Å². The third-order valence-electron chi connectivity index (χ3n) is 5.98. The third-order valence-corrected chi connectivity index (χ3v) is 8.29. The highest BCUT2D eigenvalue weighted by atomic mass is 79.9. The largest absolute Gasteiger partial charge is 0.490 e. The Labute approximate surface area is 247 Å². The molecule has 38 heavy (non-hydrogen) atoms. The van der Waals surface area contributed by atoms with E-state index in [0.717, 1.165) is 16.5 Å². The van der Waals surface area contributed by atoms with Crippen LogP contribution in [0.15, 0.2) is 67.4 Å². The molecule has 4 aromatic rings. The molecule has 0 amide bonds. The minimum Gasteiger partial charge on any atom is -0.490 e. The summed E-state index contributed by atoms with van der Waals surface area (Å²) in [5.41, 5.74) is 1.80. The number of benzene rings is 3. The Morgan fingerprint density at radius 3 is 2.58 bits per heavy atom. The normalized spacial score (nSPS) is 12.3. The van der Waals surface area contributed by atoms with E-state index in [-0.39, 0.29) is 18.1 Å². The standard InChI is InChI=1S/C28H25Br2Cl2N3O3/c1-4-16(3)27-34-22-11-10-19(29)13-20(22)28(36)35(27)33-14-18-12-23(37-5-2)26(25(32)24(18)30)38-15-17-8-6-7-9-21(17)31/h6-14,16H,4-5,15H2,1-3H3/t16-/m0/s1. The lowest BCUT2D eigenvalue weighted by Gasteiger charge is -2.17. The monoisotopic (exact) mass is 679 g/mol. The first-order valence-electron chi connectivity index (χ1n) is 12.0. The van der Waals surface area contributed by atoms with E-state index in [2.05, 4.69) is 37.0 Å². The third kappa shape index (κ3) is 6.09. The summed E-state index contributed by atoms with van der Waals surface area (Å²) >= 11 is 20.0. The molecule has 0 N–H and O–H groups in total. The highest BCUT2D eigenvalue weighted by Gasteiger charge is 2.19. The molecule has 0 saturated carbocycles. The number of nitrogens with zero attached hydrogens (tertiary/aromatic N) is 3. The number of fused-ring (bicyclic) bond motifs is 1. The molecule has 0 aliphatic carbocycles. The van der Waals surface area contributed by atoms with Crippen LogP contribution in [-0.4, -0.2) is 22.5 Å². The van der Waals surface area contributed by atoms with Crippen LogP contribution in [0.2, 0.25) is 10.0 Å². The first-order chi connectivity index (χ1) is 18.2. The number of ether oxygens (including phenoxy) is 2. The fourth-order valence-electron chi connectivity index (χ4n) is 3.76. The molecule has 198 valence electrons. The Morgan fingerprint density at radius 1 is 1.11 bits per heavy atom. The van der Waals surface area contributed by atoms with Gasteiger partial charge in [-0.25, -0.2) is 4.98 Å². The van der Waals surface area contributed by atoms with Gasteiger partial charge in [0.15, 0.2) is 11.5 Å². The first kappa shape index (κ1) is 28.6. The van der Waals surface area contributed by atoms with E-state index in [1.165, 1.54) is 4.68 Å². The van der Waals surface area contributed by atoms with Gasteiger partial charge in [0.1, 0.15) is 17.5 Å². The molecule has 4 rings (SSSR count). The van der Waals surface area contributed by atoms with Crippen LogP contribution in [0.4, 0.5) is 0 Å². The van der Waals surface area contributed by atoms with Crippen LogP contribution in [0.5, 0.6) is 11.5 Å². The van der Waals surface area contributed by atoms with Crippen LogP contribution >= 0.6 is 55.1 Å². The molecular formula is C28H25Br2Cl2N3O3. The van der Waals surface area contributed by atoms with Crippen molar-refractivity contribution in [2.75, 3.05) is 6.61 Å². The molecular weight excluding hydrogens is 657 g/mol. The summed E-state index contributed by atoms with van der Waals surface area (Å²) in [7, 11) is 0. The molecule has 0 bridgehead atoms. The van der Waals surface area contributed by atoms with Crippen LogP contribution in [0, 0.1) is 0 Å². The summed E-state index contributed by atoms with van der Waals surface area (Å²) in [5.74, 6) is 1.42. The lowest BCUT2D eigenvalue weighted by atomic mass is 10.1. The maximum atomic E-state index is 13.5. The van der Waals surface area contributed by atoms with Crippen LogP contribution < -0.4 is 15.0 Å². The van der Waals surface area contributed by atoms with E-state index < -0.39 is 0 Å². The summed E-state index contributed by atoms with van der Waals surface area (Å²) in [4.78, 5) is 18.2. The summed E-state index contributed by atoms with van der Waals surface area (Å²) < 4.78 is 14.6. The van der Waals surface area contributed by atoms with Gasteiger partial charge >= 0.3 is 0 Å². The first-order valence-corrected chi connectivity index (χ1v) is 14.4. The van der Waals surface area contributed by atoms with Gasteiger partial charge < -0.3 is 9.47 Å². The Morgan fingerprint density at radius 2 is 1.87 bits per heavy atom. The van der Waals surface area contributed by atoms with Gasteiger partial charge in [-0.2, -0.15) is 9.78 Å². The van der Waals surface area contributed by atoms with Crippen molar-refractivity contribution in [3.05, 3.63) is 94.8 Å². The Balaban J connectivity index is 1.77. The SMILES string of the molecule is CCOc1cc(C=Nn2c([C@@H](C)CC)nc3ccc(Br)cc3c2=O)c(Br)c(Cl)c1OCc1ccccc1Cl. The predicted molar refractivity (Wildman–Crippen MR) is 162 cm³/mol. The summed E-state index contributed by atoms with van der Waals surface area (Å²) in [6.45, 7) is 6.55. The van der Waals surface area contributed by atoms with E-state index >= 15 is 0 Å². The van der Waals surface area contributed by atoms with Crippen LogP contribution in [0.3, 0.4) is 0 Å². The molecule has 1 atom stereocenters. The fourth-order valence-corrected chi connectivity index (χ4v) is 4.97. The van der Waals surface area contributed by atoms with E-state index in [1.54, 1.807) is 24.4 Å². The molecule has 0 unspecified atom stereocenters. The van der Waals surface area contributed by atoms with Gasteiger partial charge in [0.05, 0.1) is 23.7 Å². The zero-order chi connectivity index (χ0) is 27.4. The van der Waals surface area contributed by atoms with Crippen molar-refractivity contribution in [2.45, 2.75) is 39.7 Å². The second-order valence-electron chi connectivity index (χ2n) is 8.54. The van der Waals surface area contributed by atoms with Gasteiger partial charge in [-0.15, -0.1) is 0 Å². The molecule has 0 saturated heterocycles. The van der Waals surface area contributed by atoms with Gasteiger partial charge in [0, 0.05) is 31.0 Å². The fraction of sp³-hybridized carbons (Fsp3) is 0.250. The quantitative estimate of drug-likeness (QED) is 0.166. The predicted octanol–water partition coefficient (Wildman–Crippen LogP) is 8.60. The van der Waals surface area contributed by atoms with Crippen molar-refractivity contribution >= 4 is 72.2 Å². The van der Waals surface area contributed by atoms with Crippen molar-refractivity contribution in [1.82, 2.24) is 9.66 Å². The Hall–Kier alpha value is -2.39. The van der Waals surface area contributed by atoms with Gasteiger partial charge in [-0.05, 0) is 59.6 Å². The Kier molecular flexibility index (Phi) is 9.52. The highest BCUT2D eigenvalue weighted by Crippen LogP contribution is 2.43. The molecule has 6 nitrogen and oxygen atoms in total. The average molecular weight is 682 g/mol. The molecule has 0 aliphatic heterocycles. The van der Waals surface area contributed by atoms with Crippen molar-refractivity contribution in [2.24, 2.45) is 5.10 Å². The molecule has 0 radical (unpaired) electrons. The topological polar surface area (TPSA) is 65.7 Å². The number of hydrogen-bond acceptors (Lipinski definition) is 5. The molecule has 3 aromatic carbocycles. The second-order valence-corrected chi connectivity index (χ2v) is 11.0. The van der Waals surface area contributed by atoms with Crippen LogP contribution in [-0.2, 0) is 6.61 Å². The van der Waals surface area contributed by atoms with Gasteiger partial charge in [0.2, 0.25) is 0 Å². The summed E-state index contributed by atoms with van der Waals surface area (Å²) in [6, 6.07) is 14.6. The van der Waals surface area contributed by atoms with Crippen molar-refractivity contribution in [3.8, 4) is 11.5 Å². The molecule has 10 heteroatoms. The van der Waals surface area contributed by atoms with Crippen molar-refractivity contribution in [3.63, 3.8) is 0 Å². The minimum absolute atomic E-state index is 0.0134. The lowest BCUT2D eigenvalue weighted by molar-refractivity contribution is 0.269. The smallest absolute Gasteiger partial charge is 0.282 e. The zero-order valence-corrected chi connectivity index (χ0v) is 25.7. The minimum atomic E-state index is -0.255.